The van der Waals surface area contributed by atoms with E-state index in [4.69, 9.17) is 0 Å². The van der Waals surface area contributed by atoms with Crippen molar-refractivity contribution in [2.45, 2.75) is 57.7 Å². The molecular formula is C25H27N3O2. The summed E-state index contributed by atoms with van der Waals surface area (Å²) in [6, 6.07) is 14.5. The van der Waals surface area contributed by atoms with Gasteiger partial charge in [-0.25, -0.2) is 4.68 Å². The average Bonchev–Trinajstić information content (AvgIpc) is 3.39. The number of aliphatic hydroxyl groups excluding tert-OH is 1. The number of benzene rings is 2. The van der Waals surface area contributed by atoms with Gasteiger partial charge in [-0.1, -0.05) is 31.0 Å². The molecule has 0 saturated heterocycles. The monoisotopic (exact) mass is 401 g/mol. The molecular weight excluding hydrogens is 374 g/mol. The van der Waals surface area contributed by atoms with Gasteiger partial charge in [0, 0.05) is 24.5 Å². The lowest BCUT2D eigenvalue weighted by atomic mass is 9.91. The largest absolute Gasteiger partial charge is 0.391 e. The zero-order valence-electron chi connectivity index (χ0n) is 17.3. The summed E-state index contributed by atoms with van der Waals surface area (Å²) < 4.78 is 1.84. The minimum absolute atomic E-state index is 0.0451. The van der Waals surface area contributed by atoms with Crippen molar-refractivity contribution >= 4 is 5.91 Å². The number of rotatable bonds is 4. The van der Waals surface area contributed by atoms with Crippen LogP contribution in [-0.2, 0) is 13.0 Å². The van der Waals surface area contributed by atoms with E-state index in [-0.39, 0.29) is 11.9 Å². The lowest BCUT2D eigenvalue weighted by molar-refractivity contribution is 0.0191. The summed E-state index contributed by atoms with van der Waals surface area (Å²) in [7, 11) is 0. The molecule has 2 heterocycles. The predicted molar refractivity (Wildman–Crippen MR) is 116 cm³/mol. The fraction of sp³-hybridized carbons (Fsp3) is 0.360. The number of amides is 1. The molecule has 0 radical (unpaired) electrons. The molecule has 1 fully saturated rings. The van der Waals surface area contributed by atoms with Crippen LogP contribution in [-0.4, -0.2) is 37.8 Å². The number of hydrogen-bond acceptors (Lipinski definition) is 3. The Hall–Kier alpha value is -2.92. The summed E-state index contributed by atoms with van der Waals surface area (Å²) in [6.45, 7) is 2.72. The van der Waals surface area contributed by atoms with Crippen LogP contribution < -0.4 is 0 Å². The van der Waals surface area contributed by atoms with Crippen LogP contribution in [0.25, 0.3) is 5.69 Å². The van der Waals surface area contributed by atoms with Gasteiger partial charge < -0.3 is 10.0 Å². The predicted octanol–water partition coefficient (Wildman–Crippen LogP) is 4.03. The lowest BCUT2D eigenvalue weighted by Gasteiger charge is -2.35. The van der Waals surface area contributed by atoms with Crippen molar-refractivity contribution in [3.63, 3.8) is 0 Å². The highest BCUT2D eigenvalue weighted by molar-refractivity contribution is 5.99. The molecule has 0 unspecified atom stereocenters. The van der Waals surface area contributed by atoms with Crippen molar-refractivity contribution in [1.29, 1.82) is 0 Å². The second kappa shape index (κ2) is 7.73. The van der Waals surface area contributed by atoms with Crippen LogP contribution >= 0.6 is 0 Å². The molecule has 2 atom stereocenters. The topological polar surface area (TPSA) is 58.4 Å². The first kappa shape index (κ1) is 19.1. The van der Waals surface area contributed by atoms with Gasteiger partial charge in [0.2, 0.25) is 0 Å². The SMILES string of the molecule is Cc1cc(Cc2ccc(-n3cccn3)cc2)cc2c1CN([C@@H]1CCCC[C@H]1O)C2=O. The first-order valence-electron chi connectivity index (χ1n) is 10.8. The Morgan fingerprint density at radius 3 is 2.63 bits per heavy atom. The molecule has 5 rings (SSSR count). The maximum absolute atomic E-state index is 13.2. The van der Waals surface area contributed by atoms with Crippen LogP contribution in [0.4, 0.5) is 0 Å². The zero-order valence-corrected chi connectivity index (χ0v) is 17.3. The lowest BCUT2D eigenvalue weighted by Crippen LogP contribution is -2.45. The van der Waals surface area contributed by atoms with Gasteiger partial charge in [0.05, 0.1) is 17.8 Å². The average molecular weight is 402 g/mol. The highest BCUT2D eigenvalue weighted by Crippen LogP contribution is 2.33. The fourth-order valence-electron chi connectivity index (χ4n) is 4.94. The molecule has 5 heteroatoms. The van der Waals surface area contributed by atoms with Crippen molar-refractivity contribution in [2.75, 3.05) is 0 Å². The Morgan fingerprint density at radius 1 is 1.10 bits per heavy atom. The fourth-order valence-corrected chi connectivity index (χ4v) is 4.94. The summed E-state index contributed by atoms with van der Waals surface area (Å²) in [4.78, 5) is 15.1. The van der Waals surface area contributed by atoms with Crippen LogP contribution in [0.15, 0.2) is 54.9 Å². The van der Waals surface area contributed by atoms with Crippen molar-refractivity contribution in [2.24, 2.45) is 0 Å². The smallest absolute Gasteiger partial charge is 0.254 e. The van der Waals surface area contributed by atoms with Crippen molar-refractivity contribution in [3.8, 4) is 5.69 Å². The summed E-state index contributed by atoms with van der Waals surface area (Å²) in [5.74, 6) is 0.0786. The summed E-state index contributed by atoms with van der Waals surface area (Å²) in [5.41, 5.74) is 6.49. The number of carbonyl (C=O) groups is 1. The van der Waals surface area contributed by atoms with Crippen LogP contribution in [0.5, 0.6) is 0 Å². The number of aryl methyl sites for hydroxylation is 1. The Labute approximate surface area is 177 Å². The van der Waals surface area contributed by atoms with Gasteiger partial charge in [0.25, 0.3) is 5.91 Å². The molecule has 1 aliphatic carbocycles. The van der Waals surface area contributed by atoms with Gasteiger partial charge in [0.1, 0.15) is 0 Å². The number of fused-ring (bicyclic) bond motifs is 1. The van der Waals surface area contributed by atoms with Crippen LogP contribution in [0.1, 0.15) is 58.3 Å². The summed E-state index contributed by atoms with van der Waals surface area (Å²) in [6.07, 6.45) is 7.92. The molecule has 5 nitrogen and oxygen atoms in total. The molecule has 1 aromatic heterocycles. The molecule has 2 aliphatic rings. The molecule has 1 aliphatic heterocycles. The highest BCUT2D eigenvalue weighted by Gasteiger charge is 2.37. The van der Waals surface area contributed by atoms with E-state index in [0.717, 1.165) is 60.0 Å². The Bertz CT molecular complexity index is 1060. The summed E-state index contributed by atoms with van der Waals surface area (Å²) >= 11 is 0. The Kier molecular flexibility index (Phi) is 4.91. The van der Waals surface area contributed by atoms with Gasteiger partial charge in [-0.05, 0) is 72.7 Å². The minimum Gasteiger partial charge on any atom is -0.391 e. The molecule has 1 N–H and O–H groups in total. The molecule has 3 aromatic rings. The van der Waals surface area contributed by atoms with E-state index in [0.29, 0.717) is 6.54 Å². The number of carbonyl (C=O) groups excluding carboxylic acids is 1. The standard InChI is InChI=1S/C25H27N3O2/c1-17-13-19(14-18-7-9-20(10-8-18)28-12-4-11-26-28)15-21-22(17)16-27(25(21)30)23-5-2-3-6-24(23)29/h4,7-13,15,23-24,29H,2-3,5-6,14,16H2,1H3/t23-,24-/m1/s1. The van der Waals surface area contributed by atoms with Gasteiger partial charge in [-0.15, -0.1) is 0 Å². The van der Waals surface area contributed by atoms with Gasteiger partial charge in [0.15, 0.2) is 0 Å². The molecule has 0 bridgehead atoms. The van der Waals surface area contributed by atoms with Gasteiger partial charge >= 0.3 is 0 Å². The van der Waals surface area contributed by atoms with Crippen LogP contribution in [0.2, 0.25) is 0 Å². The number of nitrogens with zero attached hydrogens (tertiary/aromatic N) is 3. The van der Waals surface area contributed by atoms with Crippen molar-refractivity contribution < 1.29 is 9.90 Å². The maximum atomic E-state index is 13.2. The van der Waals surface area contributed by atoms with E-state index in [1.165, 1.54) is 5.56 Å². The minimum atomic E-state index is -0.398. The van der Waals surface area contributed by atoms with Crippen molar-refractivity contribution in [3.05, 3.63) is 82.7 Å². The quantitative estimate of drug-likeness (QED) is 0.718. The number of hydrogen-bond donors (Lipinski definition) is 1. The first-order chi connectivity index (χ1) is 14.6. The molecule has 154 valence electrons. The third kappa shape index (κ3) is 3.43. The first-order valence-corrected chi connectivity index (χ1v) is 10.8. The molecule has 2 aromatic carbocycles. The van der Waals surface area contributed by atoms with Crippen LogP contribution in [0.3, 0.4) is 0 Å². The Balaban J connectivity index is 1.37. The summed E-state index contributed by atoms with van der Waals surface area (Å²) in [5, 5.41) is 14.7. The highest BCUT2D eigenvalue weighted by atomic mass is 16.3. The van der Waals surface area contributed by atoms with E-state index in [2.05, 4.69) is 48.4 Å². The molecule has 1 amide bonds. The van der Waals surface area contributed by atoms with Crippen LogP contribution in [0, 0.1) is 6.92 Å². The second-order valence-corrected chi connectivity index (χ2v) is 8.58. The van der Waals surface area contributed by atoms with Gasteiger partial charge in [-0.2, -0.15) is 5.10 Å². The number of aromatic nitrogens is 2. The number of aliphatic hydroxyl groups is 1. The second-order valence-electron chi connectivity index (χ2n) is 8.58. The molecule has 0 spiro atoms. The van der Waals surface area contributed by atoms with E-state index in [9.17, 15) is 9.90 Å². The Morgan fingerprint density at radius 2 is 1.90 bits per heavy atom. The van der Waals surface area contributed by atoms with E-state index < -0.39 is 6.10 Å². The normalized spacial score (nSPS) is 21.1. The van der Waals surface area contributed by atoms with E-state index in [1.807, 2.05) is 21.8 Å². The molecule has 30 heavy (non-hydrogen) atoms. The zero-order chi connectivity index (χ0) is 20.7. The third-order valence-electron chi connectivity index (χ3n) is 6.56. The maximum Gasteiger partial charge on any atom is 0.254 e. The third-order valence-corrected chi connectivity index (χ3v) is 6.56. The van der Waals surface area contributed by atoms with E-state index >= 15 is 0 Å². The van der Waals surface area contributed by atoms with Crippen molar-refractivity contribution in [1.82, 2.24) is 14.7 Å². The van der Waals surface area contributed by atoms with Gasteiger partial charge in [-0.3, -0.25) is 4.79 Å². The van der Waals surface area contributed by atoms with E-state index in [1.54, 1.807) is 6.20 Å². The molecule has 1 saturated carbocycles.